The summed E-state index contributed by atoms with van der Waals surface area (Å²) in [5.41, 5.74) is 2.31. The van der Waals surface area contributed by atoms with E-state index in [1.54, 1.807) is 43.5 Å². The minimum absolute atomic E-state index is 0.00239. The Morgan fingerprint density at radius 3 is 2.29 bits per heavy atom. The fourth-order valence-electron chi connectivity index (χ4n) is 3.18. The smallest absolute Gasteiger partial charge is 0.196 e. The van der Waals surface area contributed by atoms with Crippen LogP contribution in [-0.4, -0.2) is 23.1 Å². The third kappa shape index (κ3) is 3.30. The van der Waals surface area contributed by atoms with Crippen LogP contribution in [0.4, 0.5) is 0 Å². The molecule has 2 N–H and O–H groups in total. The molecule has 3 aromatic carbocycles. The normalized spacial score (nSPS) is 17.1. The Balaban J connectivity index is 1.83. The maximum atomic E-state index is 13.2. The van der Waals surface area contributed by atoms with Gasteiger partial charge in [-0.1, -0.05) is 24.3 Å². The third-order valence-electron chi connectivity index (χ3n) is 4.63. The molecule has 3 aromatic rings. The summed E-state index contributed by atoms with van der Waals surface area (Å²) in [7, 11) is 1.59. The van der Waals surface area contributed by atoms with E-state index in [1.165, 1.54) is 12.1 Å². The first-order valence-electron chi connectivity index (χ1n) is 8.74. The average molecular weight is 374 g/mol. The first-order chi connectivity index (χ1) is 13.5. The number of carbonyl (C=O) groups is 1. The van der Waals surface area contributed by atoms with Crippen LogP contribution in [0.5, 0.6) is 23.0 Å². The topological polar surface area (TPSA) is 76.0 Å². The van der Waals surface area contributed by atoms with Crippen LogP contribution in [0.2, 0.25) is 0 Å². The standard InChI is InChI=1S/C23H18O5/c1-27-18-9-4-15(5-10-18)23-20(12-14-2-6-16(24)7-3-14)22(26)19-13-17(25)8-11-21(19)28-23/h2-13,23-25H,1H3. The van der Waals surface area contributed by atoms with Gasteiger partial charge in [0, 0.05) is 5.57 Å². The zero-order chi connectivity index (χ0) is 19.7. The fourth-order valence-corrected chi connectivity index (χ4v) is 3.18. The predicted molar refractivity (Wildman–Crippen MR) is 105 cm³/mol. The summed E-state index contributed by atoms with van der Waals surface area (Å²) in [6, 6.07) is 18.4. The monoisotopic (exact) mass is 374 g/mol. The molecular weight excluding hydrogens is 356 g/mol. The van der Waals surface area contributed by atoms with Gasteiger partial charge in [-0.05, 0) is 59.7 Å². The van der Waals surface area contributed by atoms with Crippen LogP contribution >= 0.6 is 0 Å². The molecule has 0 amide bonds. The van der Waals surface area contributed by atoms with Crippen LogP contribution in [0.3, 0.4) is 0 Å². The van der Waals surface area contributed by atoms with Crippen molar-refractivity contribution in [3.8, 4) is 23.0 Å². The van der Waals surface area contributed by atoms with Gasteiger partial charge < -0.3 is 19.7 Å². The van der Waals surface area contributed by atoms with Crippen LogP contribution in [-0.2, 0) is 0 Å². The lowest BCUT2D eigenvalue weighted by molar-refractivity contribution is 0.0963. The zero-order valence-corrected chi connectivity index (χ0v) is 15.1. The number of ether oxygens (including phenoxy) is 2. The quantitative estimate of drug-likeness (QED) is 0.660. The number of benzene rings is 3. The molecule has 0 radical (unpaired) electrons. The minimum Gasteiger partial charge on any atom is -0.508 e. The molecule has 1 atom stereocenters. The van der Waals surface area contributed by atoms with E-state index < -0.39 is 6.10 Å². The molecule has 0 saturated heterocycles. The summed E-state index contributed by atoms with van der Waals surface area (Å²) in [5.74, 6) is 1.07. The number of fused-ring (bicyclic) bond motifs is 1. The van der Waals surface area contributed by atoms with Gasteiger partial charge in [0.2, 0.25) is 0 Å². The van der Waals surface area contributed by atoms with Gasteiger partial charge in [-0.3, -0.25) is 4.79 Å². The Bertz CT molecular complexity index is 1050. The van der Waals surface area contributed by atoms with Gasteiger partial charge in [-0.15, -0.1) is 0 Å². The van der Waals surface area contributed by atoms with Crippen molar-refractivity contribution in [3.63, 3.8) is 0 Å². The van der Waals surface area contributed by atoms with Crippen LogP contribution in [0.15, 0.2) is 72.3 Å². The summed E-state index contributed by atoms with van der Waals surface area (Å²) in [6.07, 6.45) is 1.13. The number of rotatable bonds is 3. The Kier molecular flexibility index (Phi) is 4.49. The van der Waals surface area contributed by atoms with Crippen molar-refractivity contribution in [2.24, 2.45) is 0 Å². The number of aromatic hydroxyl groups is 2. The molecule has 1 heterocycles. The molecule has 1 aliphatic rings. The van der Waals surface area contributed by atoms with Gasteiger partial charge in [-0.2, -0.15) is 0 Å². The zero-order valence-electron chi connectivity index (χ0n) is 15.1. The largest absolute Gasteiger partial charge is 0.508 e. The van der Waals surface area contributed by atoms with Crippen molar-refractivity contribution in [3.05, 3.63) is 89.0 Å². The second-order valence-corrected chi connectivity index (χ2v) is 6.47. The highest BCUT2D eigenvalue weighted by Gasteiger charge is 2.33. The van der Waals surface area contributed by atoms with Crippen LogP contribution < -0.4 is 9.47 Å². The highest BCUT2D eigenvalue weighted by atomic mass is 16.5. The van der Waals surface area contributed by atoms with Gasteiger partial charge in [-0.25, -0.2) is 0 Å². The molecule has 1 unspecified atom stereocenters. The Morgan fingerprint density at radius 1 is 0.929 bits per heavy atom. The Labute approximate surface area is 162 Å². The lowest BCUT2D eigenvalue weighted by Crippen LogP contribution is -2.23. The summed E-state index contributed by atoms with van der Waals surface area (Å²) >= 11 is 0. The average Bonchev–Trinajstić information content (AvgIpc) is 2.72. The molecule has 0 aliphatic carbocycles. The van der Waals surface area contributed by atoms with Gasteiger partial charge in [0.25, 0.3) is 0 Å². The number of phenols is 2. The maximum Gasteiger partial charge on any atom is 0.196 e. The first kappa shape index (κ1) is 17.7. The molecule has 4 rings (SSSR count). The SMILES string of the molecule is COc1ccc(C2Oc3ccc(O)cc3C(=O)C2=Cc2ccc(O)cc2)cc1. The summed E-state index contributed by atoms with van der Waals surface area (Å²) in [6.45, 7) is 0. The second kappa shape index (κ2) is 7.12. The summed E-state index contributed by atoms with van der Waals surface area (Å²) in [5, 5.41) is 19.3. The van der Waals surface area contributed by atoms with E-state index in [2.05, 4.69) is 0 Å². The molecule has 140 valence electrons. The lowest BCUT2D eigenvalue weighted by atomic mass is 9.89. The van der Waals surface area contributed by atoms with Crippen molar-refractivity contribution in [2.75, 3.05) is 7.11 Å². The number of carbonyl (C=O) groups excluding carboxylic acids is 1. The molecule has 5 nitrogen and oxygen atoms in total. The number of Topliss-reactive ketones (excluding diaryl/α,β-unsaturated/α-hetero) is 1. The van der Waals surface area contributed by atoms with Crippen molar-refractivity contribution < 1.29 is 24.5 Å². The van der Waals surface area contributed by atoms with Crippen LogP contribution in [0, 0.1) is 0 Å². The van der Waals surface area contributed by atoms with E-state index in [0.29, 0.717) is 22.6 Å². The Morgan fingerprint density at radius 2 is 1.61 bits per heavy atom. The lowest BCUT2D eigenvalue weighted by Gasteiger charge is -2.28. The molecule has 0 fully saturated rings. The minimum atomic E-state index is -0.607. The van der Waals surface area contributed by atoms with Crippen molar-refractivity contribution in [1.29, 1.82) is 0 Å². The molecule has 0 spiro atoms. The van der Waals surface area contributed by atoms with Gasteiger partial charge in [0.1, 0.15) is 23.0 Å². The maximum absolute atomic E-state index is 13.2. The van der Waals surface area contributed by atoms with Crippen LogP contribution in [0.1, 0.15) is 27.6 Å². The molecule has 0 bridgehead atoms. The van der Waals surface area contributed by atoms with E-state index in [0.717, 1.165) is 11.1 Å². The van der Waals surface area contributed by atoms with E-state index in [1.807, 2.05) is 24.3 Å². The first-order valence-corrected chi connectivity index (χ1v) is 8.74. The van der Waals surface area contributed by atoms with E-state index in [-0.39, 0.29) is 17.3 Å². The summed E-state index contributed by atoms with van der Waals surface area (Å²) < 4.78 is 11.3. The van der Waals surface area contributed by atoms with Crippen molar-refractivity contribution >= 4 is 11.9 Å². The Hall–Kier alpha value is -3.73. The molecular formula is C23H18O5. The number of hydrogen-bond donors (Lipinski definition) is 2. The number of ketones is 1. The van der Waals surface area contributed by atoms with Crippen LogP contribution in [0.25, 0.3) is 6.08 Å². The number of hydrogen-bond acceptors (Lipinski definition) is 5. The fraction of sp³-hybridized carbons (Fsp3) is 0.0870. The molecule has 1 aliphatic heterocycles. The van der Waals surface area contributed by atoms with Crippen molar-refractivity contribution in [2.45, 2.75) is 6.10 Å². The highest BCUT2D eigenvalue weighted by molar-refractivity contribution is 6.14. The third-order valence-corrected chi connectivity index (χ3v) is 4.63. The van der Waals surface area contributed by atoms with E-state index in [4.69, 9.17) is 9.47 Å². The summed E-state index contributed by atoms with van der Waals surface area (Å²) in [4.78, 5) is 13.2. The second-order valence-electron chi connectivity index (χ2n) is 6.47. The van der Waals surface area contributed by atoms with Gasteiger partial charge in [0.15, 0.2) is 11.9 Å². The molecule has 5 heteroatoms. The van der Waals surface area contributed by atoms with E-state index >= 15 is 0 Å². The predicted octanol–water partition coefficient (Wildman–Crippen LogP) is 4.51. The van der Waals surface area contributed by atoms with Crippen molar-refractivity contribution in [1.82, 2.24) is 0 Å². The molecule has 28 heavy (non-hydrogen) atoms. The number of methoxy groups -OCH3 is 1. The van der Waals surface area contributed by atoms with E-state index in [9.17, 15) is 15.0 Å². The molecule has 0 saturated carbocycles. The van der Waals surface area contributed by atoms with Gasteiger partial charge in [0.05, 0.1) is 12.7 Å². The highest BCUT2D eigenvalue weighted by Crippen LogP contribution is 2.40. The number of phenolic OH excluding ortho intramolecular Hbond substituents is 2. The van der Waals surface area contributed by atoms with Gasteiger partial charge >= 0.3 is 0 Å². The molecule has 0 aromatic heterocycles.